The molecule has 1 N–H and O–H groups in total. The van der Waals surface area contributed by atoms with E-state index in [9.17, 15) is 13.6 Å². The Bertz CT molecular complexity index is 366. The van der Waals surface area contributed by atoms with Gasteiger partial charge in [0.25, 0.3) is 6.43 Å². The molecule has 1 aromatic heterocycles. The Morgan fingerprint density at radius 2 is 2.23 bits per heavy atom. The molecule has 1 rings (SSSR count). The summed E-state index contributed by atoms with van der Waals surface area (Å²) in [5, 5.41) is 0. The van der Waals surface area contributed by atoms with Gasteiger partial charge in [-0.1, -0.05) is 0 Å². The van der Waals surface area contributed by atoms with Crippen molar-refractivity contribution >= 4 is 34.2 Å². The van der Waals surface area contributed by atoms with Crippen LogP contribution < -0.4 is 5.43 Å². The van der Waals surface area contributed by atoms with Gasteiger partial charge in [0.15, 0.2) is 0 Å². The molecule has 0 fully saturated rings. The van der Waals surface area contributed by atoms with Crippen molar-refractivity contribution in [3.8, 4) is 0 Å². The zero-order valence-corrected chi connectivity index (χ0v) is 9.20. The second-order valence-electron chi connectivity index (χ2n) is 2.29. The highest BCUT2D eigenvalue weighted by atomic mass is 127. The normalized spacial score (nSPS) is 10.8. The van der Waals surface area contributed by atoms with Gasteiger partial charge in [-0.05, 0) is 22.6 Å². The van der Waals surface area contributed by atoms with Crippen molar-refractivity contribution < 1.29 is 8.78 Å². The van der Waals surface area contributed by atoms with E-state index in [2.05, 4.69) is 4.98 Å². The van der Waals surface area contributed by atoms with Gasteiger partial charge in [-0.3, -0.25) is 4.79 Å². The van der Waals surface area contributed by atoms with Crippen molar-refractivity contribution in [2.45, 2.75) is 12.3 Å². The third-order valence-corrected chi connectivity index (χ3v) is 2.58. The van der Waals surface area contributed by atoms with Gasteiger partial charge in [-0.25, -0.2) is 8.78 Å². The fourth-order valence-corrected chi connectivity index (χ4v) is 1.57. The van der Waals surface area contributed by atoms with Gasteiger partial charge in [0.05, 0.1) is 15.0 Å². The molecule has 0 aromatic carbocycles. The number of rotatable bonds is 2. The first-order valence-electron chi connectivity index (χ1n) is 3.32. The maximum atomic E-state index is 12.4. The first-order valence-corrected chi connectivity index (χ1v) is 4.93. The molecule has 0 spiro atoms. The fourth-order valence-electron chi connectivity index (χ4n) is 0.901. The monoisotopic (exact) mass is 319 g/mol. The molecule has 1 aromatic rings. The number of H-pyrrole nitrogens is 1. The highest BCUT2D eigenvalue weighted by molar-refractivity contribution is 14.1. The molecule has 0 amide bonds. The predicted molar refractivity (Wildman–Crippen MR) is 54.3 cm³/mol. The second kappa shape index (κ2) is 4.36. The number of alkyl halides is 3. The second-order valence-corrected chi connectivity index (χ2v) is 3.72. The van der Waals surface area contributed by atoms with Crippen molar-refractivity contribution in [3.05, 3.63) is 31.2 Å². The van der Waals surface area contributed by atoms with Crippen molar-refractivity contribution in [2.75, 3.05) is 0 Å². The van der Waals surface area contributed by atoms with Crippen LogP contribution in [0.25, 0.3) is 0 Å². The van der Waals surface area contributed by atoms with Gasteiger partial charge in [0.1, 0.15) is 0 Å². The lowest BCUT2D eigenvalue weighted by molar-refractivity contribution is 0.148. The average Bonchev–Trinajstić information content (AvgIpc) is 2.08. The Hall–Kier alpha value is -0.170. The van der Waals surface area contributed by atoms with E-state index >= 15 is 0 Å². The van der Waals surface area contributed by atoms with Crippen LogP contribution in [0.2, 0.25) is 0 Å². The van der Waals surface area contributed by atoms with E-state index < -0.39 is 17.4 Å². The number of halogens is 4. The lowest BCUT2D eigenvalue weighted by Gasteiger charge is -2.05. The van der Waals surface area contributed by atoms with Gasteiger partial charge in [0, 0.05) is 11.9 Å². The van der Waals surface area contributed by atoms with Gasteiger partial charge in [-0.15, -0.1) is 11.6 Å². The Labute approximate surface area is 91.4 Å². The number of aromatic amines is 1. The SMILES string of the molecule is O=c1c(I)c[nH]c(CCl)c1C(F)F. The smallest absolute Gasteiger partial charge is 0.269 e. The quantitative estimate of drug-likeness (QED) is 0.660. The van der Waals surface area contributed by atoms with Crippen LogP contribution in [0.15, 0.2) is 11.0 Å². The Kier molecular flexibility index (Phi) is 3.66. The molecule has 72 valence electrons. The zero-order chi connectivity index (χ0) is 10.0. The summed E-state index contributed by atoms with van der Waals surface area (Å²) >= 11 is 7.09. The lowest BCUT2D eigenvalue weighted by Crippen LogP contribution is -2.16. The summed E-state index contributed by atoms with van der Waals surface area (Å²) in [5.74, 6) is -0.119. The van der Waals surface area contributed by atoms with Gasteiger partial charge < -0.3 is 4.98 Å². The number of hydrogen-bond acceptors (Lipinski definition) is 1. The van der Waals surface area contributed by atoms with E-state index in [1.54, 1.807) is 22.6 Å². The van der Waals surface area contributed by atoms with Crippen LogP contribution in [-0.4, -0.2) is 4.98 Å². The minimum Gasteiger partial charge on any atom is -0.362 e. The van der Waals surface area contributed by atoms with Crippen LogP contribution in [0.4, 0.5) is 8.78 Å². The van der Waals surface area contributed by atoms with E-state index in [1.165, 1.54) is 6.20 Å². The molecule has 0 aliphatic heterocycles. The van der Waals surface area contributed by atoms with Crippen molar-refractivity contribution in [2.24, 2.45) is 0 Å². The van der Waals surface area contributed by atoms with Crippen molar-refractivity contribution in [1.82, 2.24) is 4.98 Å². The minimum atomic E-state index is -2.78. The number of hydrogen-bond donors (Lipinski definition) is 1. The molecule has 0 aliphatic rings. The van der Waals surface area contributed by atoms with Crippen LogP contribution >= 0.6 is 34.2 Å². The van der Waals surface area contributed by atoms with E-state index in [1.807, 2.05) is 0 Å². The molecule has 0 saturated carbocycles. The largest absolute Gasteiger partial charge is 0.362 e. The van der Waals surface area contributed by atoms with Crippen molar-refractivity contribution in [3.63, 3.8) is 0 Å². The summed E-state index contributed by atoms with van der Waals surface area (Å²) < 4.78 is 25.0. The Balaban J connectivity index is 3.42. The summed E-state index contributed by atoms with van der Waals surface area (Å²) in [7, 11) is 0. The van der Waals surface area contributed by atoms with Crippen LogP contribution in [0.3, 0.4) is 0 Å². The average molecular weight is 319 g/mol. The third-order valence-electron chi connectivity index (χ3n) is 1.51. The molecule has 2 nitrogen and oxygen atoms in total. The fraction of sp³-hybridized carbons (Fsp3) is 0.286. The van der Waals surface area contributed by atoms with E-state index in [0.29, 0.717) is 0 Å². The van der Waals surface area contributed by atoms with Crippen molar-refractivity contribution in [1.29, 1.82) is 0 Å². The molecule has 0 radical (unpaired) electrons. The van der Waals surface area contributed by atoms with Gasteiger partial charge in [0.2, 0.25) is 5.43 Å². The molecule has 0 aliphatic carbocycles. The van der Waals surface area contributed by atoms with E-state index in [4.69, 9.17) is 11.6 Å². The minimum absolute atomic E-state index is 0.0853. The predicted octanol–water partition coefficient (Wildman–Crippen LogP) is 2.66. The number of nitrogens with one attached hydrogen (secondary N) is 1. The zero-order valence-electron chi connectivity index (χ0n) is 6.28. The van der Waals surface area contributed by atoms with Crippen LogP contribution in [0.1, 0.15) is 17.7 Å². The Morgan fingerprint density at radius 3 is 2.69 bits per heavy atom. The van der Waals surface area contributed by atoms with Crippen LogP contribution in [0.5, 0.6) is 0 Å². The first-order chi connectivity index (χ1) is 6.07. The summed E-state index contributed by atoms with van der Waals surface area (Å²) in [6.07, 6.45) is -1.42. The number of aromatic nitrogens is 1. The molecular weight excluding hydrogens is 314 g/mol. The third kappa shape index (κ3) is 2.19. The van der Waals surface area contributed by atoms with E-state index in [-0.39, 0.29) is 15.1 Å². The maximum absolute atomic E-state index is 12.4. The summed E-state index contributed by atoms with van der Waals surface area (Å²) in [6, 6.07) is 0. The van der Waals surface area contributed by atoms with Gasteiger partial charge in [-0.2, -0.15) is 0 Å². The van der Waals surface area contributed by atoms with E-state index in [0.717, 1.165) is 0 Å². The standard InChI is InChI=1S/C7H5ClF2INO/c8-1-4-5(7(9)10)6(13)3(11)2-12-4/h2,7H,1H2,(H,12,13). The molecule has 13 heavy (non-hydrogen) atoms. The van der Waals surface area contributed by atoms with Crippen LogP contribution in [0, 0.1) is 3.57 Å². The topological polar surface area (TPSA) is 32.9 Å². The molecular formula is C7H5ClF2INO. The lowest BCUT2D eigenvalue weighted by atomic mass is 10.2. The summed E-state index contributed by atoms with van der Waals surface area (Å²) in [5.41, 5.74) is -1.09. The maximum Gasteiger partial charge on any atom is 0.269 e. The van der Waals surface area contributed by atoms with Crippen LogP contribution in [-0.2, 0) is 5.88 Å². The highest BCUT2D eigenvalue weighted by Crippen LogP contribution is 2.19. The number of pyridine rings is 1. The highest BCUT2D eigenvalue weighted by Gasteiger charge is 2.18. The molecule has 1 heterocycles. The molecule has 0 unspecified atom stereocenters. The molecule has 6 heteroatoms. The molecule has 0 bridgehead atoms. The van der Waals surface area contributed by atoms with Gasteiger partial charge >= 0.3 is 0 Å². The summed E-state index contributed by atoms with van der Waals surface area (Å²) in [4.78, 5) is 13.8. The molecule has 0 atom stereocenters. The summed E-state index contributed by atoms with van der Waals surface area (Å²) in [6.45, 7) is 0. The Morgan fingerprint density at radius 1 is 1.62 bits per heavy atom. The first kappa shape index (κ1) is 10.9. The molecule has 0 saturated heterocycles.